The molecule has 6 heteroatoms. The molecule has 0 unspecified atom stereocenters. The Hall–Kier alpha value is -3.02. The number of hydrogen-bond donors (Lipinski definition) is 2. The van der Waals surface area contributed by atoms with Crippen molar-refractivity contribution in [1.29, 1.82) is 0 Å². The summed E-state index contributed by atoms with van der Waals surface area (Å²) < 4.78 is 0. The standard InChI is InChI=1S/C14H11N3O3/c18-13(3-4-14(19)20)17-11-5-7-16-12(8-11)10-2-1-6-15-9-10/h1-9H,(H,19,20)(H,16,17,18). The lowest BCUT2D eigenvalue weighted by atomic mass is 10.2. The predicted molar refractivity (Wildman–Crippen MR) is 72.9 cm³/mol. The Morgan fingerprint density at radius 2 is 2.05 bits per heavy atom. The first-order valence-electron chi connectivity index (χ1n) is 5.73. The fraction of sp³-hybridized carbons (Fsp3) is 0. The van der Waals surface area contributed by atoms with Gasteiger partial charge in [0.05, 0.1) is 5.69 Å². The van der Waals surface area contributed by atoms with Crippen LogP contribution in [-0.2, 0) is 9.59 Å². The fourth-order valence-corrected chi connectivity index (χ4v) is 1.51. The maximum Gasteiger partial charge on any atom is 0.328 e. The highest BCUT2D eigenvalue weighted by Crippen LogP contribution is 2.18. The summed E-state index contributed by atoms with van der Waals surface area (Å²) >= 11 is 0. The number of nitrogens with zero attached hydrogens (tertiary/aromatic N) is 2. The van der Waals surface area contributed by atoms with Gasteiger partial charge in [-0.1, -0.05) is 0 Å². The molecule has 2 heterocycles. The molecular weight excluding hydrogens is 258 g/mol. The lowest BCUT2D eigenvalue weighted by Crippen LogP contribution is -2.08. The van der Waals surface area contributed by atoms with Crippen molar-refractivity contribution in [2.24, 2.45) is 0 Å². The Balaban J connectivity index is 2.15. The lowest BCUT2D eigenvalue weighted by molar-refractivity contribution is -0.131. The van der Waals surface area contributed by atoms with Crippen LogP contribution in [0.5, 0.6) is 0 Å². The summed E-state index contributed by atoms with van der Waals surface area (Å²) in [5.74, 6) is -1.69. The third-order valence-corrected chi connectivity index (χ3v) is 2.36. The summed E-state index contributed by atoms with van der Waals surface area (Å²) in [5, 5.41) is 11.0. The van der Waals surface area contributed by atoms with Crippen LogP contribution < -0.4 is 5.32 Å². The maximum atomic E-state index is 11.5. The van der Waals surface area contributed by atoms with E-state index in [4.69, 9.17) is 5.11 Å². The molecule has 2 aromatic heterocycles. The number of carbonyl (C=O) groups is 2. The predicted octanol–water partition coefficient (Wildman–Crippen LogP) is 1.72. The molecule has 0 aliphatic carbocycles. The second kappa shape index (κ2) is 6.24. The number of carboxylic acid groups (broad SMARTS) is 1. The zero-order valence-electron chi connectivity index (χ0n) is 10.4. The summed E-state index contributed by atoms with van der Waals surface area (Å²) in [7, 11) is 0. The molecule has 0 fully saturated rings. The van der Waals surface area contributed by atoms with E-state index in [9.17, 15) is 9.59 Å². The highest BCUT2D eigenvalue weighted by molar-refractivity contribution is 6.02. The smallest absolute Gasteiger partial charge is 0.328 e. The second-order valence-corrected chi connectivity index (χ2v) is 3.83. The van der Waals surface area contributed by atoms with E-state index in [1.165, 1.54) is 0 Å². The van der Waals surface area contributed by atoms with Crippen LogP contribution in [0.4, 0.5) is 5.69 Å². The molecular formula is C14H11N3O3. The number of pyridine rings is 2. The van der Waals surface area contributed by atoms with Gasteiger partial charge in [0.1, 0.15) is 0 Å². The molecule has 2 rings (SSSR count). The first kappa shape index (κ1) is 13.4. The molecule has 0 saturated heterocycles. The molecule has 0 radical (unpaired) electrons. The molecule has 0 aromatic carbocycles. The largest absolute Gasteiger partial charge is 0.478 e. The molecule has 0 bridgehead atoms. The van der Waals surface area contributed by atoms with E-state index < -0.39 is 11.9 Å². The van der Waals surface area contributed by atoms with Crippen molar-refractivity contribution in [3.63, 3.8) is 0 Å². The molecule has 0 aliphatic rings. The first-order chi connectivity index (χ1) is 9.65. The summed E-state index contributed by atoms with van der Waals surface area (Å²) in [6.45, 7) is 0. The van der Waals surface area contributed by atoms with E-state index in [0.717, 1.165) is 17.7 Å². The van der Waals surface area contributed by atoms with E-state index in [2.05, 4.69) is 15.3 Å². The van der Waals surface area contributed by atoms with Crippen molar-refractivity contribution in [2.75, 3.05) is 5.32 Å². The molecule has 20 heavy (non-hydrogen) atoms. The van der Waals surface area contributed by atoms with Crippen molar-refractivity contribution in [3.05, 3.63) is 55.0 Å². The molecule has 0 saturated carbocycles. The van der Waals surface area contributed by atoms with E-state index in [0.29, 0.717) is 11.4 Å². The Morgan fingerprint density at radius 1 is 1.20 bits per heavy atom. The SMILES string of the molecule is O=C(O)C=CC(=O)Nc1ccnc(-c2cccnc2)c1. The molecule has 0 atom stereocenters. The van der Waals surface area contributed by atoms with Crippen LogP contribution in [0.1, 0.15) is 0 Å². The van der Waals surface area contributed by atoms with Crippen molar-refractivity contribution in [1.82, 2.24) is 9.97 Å². The molecule has 0 aliphatic heterocycles. The van der Waals surface area contributed by atoms with Crippen LogP contribution in [0.3, 0.4) is 0 Å². The minimum atomic E-state index is -1.18. The molecule has 6 nitrogen and oxygen atoms in total. The van der Waals surface area contributed by atoms with Crippen molar-refractivity contribution in [2.45, 2.75) is 0 Å². The number of amides is 1. The van der Waals surface area contributed by atoms with E-state index in [-0.39, 0.29) is 0 Å². The van der Waals surface area contributed by atoms with Gasteiger partial charge in [0.15, 0.2) is 0 Å². The summed E-state index contributed by atoms with van der Waals surface area (Å²) in [6.07, 6.45) is 6.61. The number of nitrogens with one attached hydrogen (secondary N) is 1. The zero-order chi connectivity index (χ0) is 14.4. The molecule has 2 N–H and O–H groups in total. The molecule has 100 valence electrons. The van der Waals surface area contributed by atoms with Crippen LogP contribution >= 0.6 is 0 Å². The van der Waals surface area contributed by atoms with Crippen LogP contribution in [0.15, 0.2) is 55.0 Å². The minimum absolute atomic E-state index is 0.518. The third-order valence-electron chi connectivity index (χ3n) is 2.36. The number of carboxylic acids is 1. The van der Waals surface area contributed by atoms with Gasteiger partial charge in [-0.3, -0.25) is 14.8 Å². The zero-order valence-corrected chi connectivity index (χ0v) is 10.4. The minimum Gasteiger partial charge on any atom is -0.478 e. The topological polar surface area (TPSA) is 92.2 Å². The van der Waals surface area contributed by atoms with E-state index >= 15 is 0 Å². The van der Waals surface area contributed by atoms with Crippen LogP contribution in [-0.4, -0.2) is 27.0 Å². The molecule has 2 aromatic rings. The van der Waals surface area contributed by atoms with Gasteiger partial charge >= 0.3 is 5.97 Å². The van der Waals surface area contributed by atoms with Crippen LogP contribution in [0, 0.1) is 0 Å². The number of aliphatic carboxylic acids is 1. The average Bonchev–Trinajstić information content (AvgIpc) is 2.46. The van der Waals surface area contributed by atoms with Gasteiger partial charge in [0.25, 0.3) is 0 Å². The quantitative estimate of drug-likeness (QED) is 0.824. The number of anilines is 1. The average molecular weight is 269 g/mol. The van der Waals surface area contributed by atoms with Gasteiger partial charge < -0.3 is 10.4 Å². The van der Waals surface area contributed by atoms with E-state index in [1.807, 2.05) is 6.07 Å². The second-order valence-electron chi connectivity index (χ2n) is 3.83. The van der Waals surface area contributed by atoms with Gasteiger partial charge in [0, 0.05) is 42.0 Å². The summed E-state index contributed by atoms with van der Waals surface area (Å²) in [4.78, 5) is 30.0. The number of hydrogen-bond acceptors (Lipinski definition) is 4. The first-order valence-corrected chi connectivity index (χ1v) is 5.73. The van der Waals surface area contributed by atoms with Gasteiger partial charge in [-0.15, -0.1) is 0 Å². The Morgan fingerprint density at radius 3 is 2.75 bits per heavy atom. The van der Waals surface area contributed by atoms with Crippen LogP contribution in [0.2, 0.25) is 0 Å². The van der Waals surface area contributed by atoms with Crippen molar-refractivity contribution < 1.29 is 14.7 Å². The Bertz CT molecular complexity index is 654. The highest BCUT2D eigenvalue weighted by atomic mass is 16.4. The Kier molecular flexibility index (Phi) is 4.18. The van der Waals surface area contributed by atoms with Gasteiger partial charge in [-0.2, -0.15) is 0 Å². The van der Waals surface area contributed by atoms with Gasteiger partial charge in [-0.05, 0) is 24.3 Å². The van der Waals surface area contributed by atoms with Crippen molar-refractivity contribution >= 4 is 17.6 Å². The number of aromatic nitrogens is 2. The highest BCUT2D eigenvalue weighted by Gasteiger charge is 2.03. The summed E-state index contributed by atoms with van der Waals surface area (Å²) in [6, 6.07) is 6.94. The monoisotopic (exact) mass is 269 g/mol. The van der Waals surface area contributed by atoms with Crippen LogP contribution in [0.25, 0.3) is 11.3 Å². The Labute approximate surface area is 114 Å². The lowest BCUT2D eigenvalue weighted by Gasteiger charge is -2.04. The van der Waals surface area contributed by atoms with Gasteiger partial charge in [-0.25, -0.2) is 4.79 Å². The fourth-order valence-electron chi connectivity index (χ4n) is 1.51. The maximum absolute atomic E-state index is 11.5. The number of rotatable bonds is 4. The van der Waals surface area contributed by atoms with Crippen molar-refractivity contribution in [3.8, 4) is 11.3 Å². The van der Waals surface area contributed by atoms with E-state index in [1.54, 1.807) is 36.8 Å². The summed E-state index contributed by atoms with van der Waals surface area (Å²) in [5.41, 5.74) is 2.02. The molecule has 1 amide bonds. The van der Waals surface area contributed by atoms with Gasteiger partial charge in [0.2, 0.25) is 5.91 Å². The molecule has 0 spiro atoms. The third kappa shape index (κ3) is 3.74. The number of carbonyl (C=O) groups excluding carboxylic acids is 1. The normalized spacial score (nSPS) is 10.4.